The quantitative estimate of drug-likeness (QED) is 0.149. The Morgan fingerprint density at radius 1 is 0.284 bits per heavy atom. The maximum Gasteiger partial charge on any atom is 0.197 e. The van der Waals surface area contributed by atoms with Crippen molar-refractivity contribution in [1.82, 2.24) is 33.6 Å². The van der Waals surface area contributed by atoms with Gasteiger partial charge in [0.15, 0.2) is 22.9 Å². The van der Waals surface area contributed by atoms with E-state index in [9.17, 15) is 4.79 Å². The number of imidazole rings is 1. The van der Waals surface area contributed by atoms with Crippen molar-refractivity contribution in [1.29, 1.82) is 0 Å². The van der Waals surface area contributed by atoms with E-state index < -0.39 is 0 Å². The minimum atomic E-state index is -0.0261. The third kappa shape index (κ3) is 6.34. The second kappa shape index (κ2) is 15.5. The number of para-hydroxylation sites is 4. The molecule has 8 nitrogen and oxygen atoms in total. The summed E-state index contributed by atoms with van der Waals surface area (Å²) in [5.74, 6) is 2.51. The third-order valence-corrected chi connectivity index (χ3v) is 12.7. The summed E-state index contributed by atoms with van der Waals surface area (Å²) in [4.78, 5) is 35.0. The standard InChI is InChI=1S/C59H37N7O/c67-55-46-26-14-16-28-51(46)65(43-23-11-4-12-24-43)53-37-49-54(36-48(53)55)66(44-33-34-52-47(35-44)45-25-13-15-27-50(45)64(52)42-21-9-3-10-22-42)59(60-49)41-31-29-40(30-32-41)58-62-56(38-17-5-1-6-18-38)61-57(63-58)39-19-7-2-8-20-39/h1-37H. The van der Waals surface area contributed by atoms with Gasteiger partial charge in [-0.25, -0.2) is 19.9 Å². The molecule has 314 valence electrons. The average Bonchev–Trinajstić information content (AvgIpc) is 3.94. The van der Waals surface area contributed by atoms with Crippen LogP contribution in [0.15, 0.2) is 229 Å². The fraction of sp³-hybridized carbons (Fsp3) is 0. The normalized spacial score (nSPS) is 11.6. The van der Waals surface area contributed by atoms with Gasteiger partial charge in [-0.2, -0.15) is 0 Å². The van der Waals surface area contributed by atoms with Gasteiger partial charge >= 0.3 is 0 Å². The Hall–Kier alpha value is -9.27. The van der Waals surface area contributed by atoms with Gasteiger partial charge in [0.2, 0.25) is 0 Å². The smallest absolute Gasteiger partial charge is 0.197 e. The molecule has 0 aliphatic rings. The number of benzene rings is 9. The van der Waals surface area contributed by atoms with Gasteiger partial charge < -0.3 is 9.13 Å². The van der Waals surface area contributed by atoms with Crippen LogP contribution in [0.4, 0.5) is 0 Å². The van der Waals surface area contributed by atoms with E-state index in [2.05, 4.69) is 123 Å². The summed E-state index contributed by atoms with van der Waals surface area (Å²) in [6, 6.07) is 76.0. The summed E-state index contributed by atoms with van der Waals surface area (Å²) >= 11 is 0. The molecule has 13 aromatic rings. The molecule has 0 aliphatic carbocycles. The maximum atomic E-state index is 14.6. The molecular formula is C59H37N7O. The van der Waals surface area contributed by atoms with Crippen molar-refractivity contribution in [2.75, 3.05) is 0 Å². The Labute approximate surface area is 384 Å². The van der Waals surface area contributed by atoms with Gasteiger partial charge in [-0.05, 0) is 72.8 Å². The van der Waals surface area contributed by atoms with Crippen LogP contribution >= 0.6 is 0 Å². The molecule has 4 heterocycles. The molecule has 0 amide bonds. The van der Waals surface area contributed by atoms with E-state index >= 15 is 0 Å². The first-order valence-electron chi connectivity index (χ1n) is 22.3. The van der Waals surface area contributed by atoms with Crippen LogP contribution in [0.3, 0.4) is 0 Å². The predicted octanol–water partition coefficient (Wildman–Crippen LogP) is 13.4. The number of hydrogen-bond acceptors (Lipinski definition) is 5. The van der Waals surface area contributed by atoms with E-state index in [1.807, 2.05) is 115 Å². The van der Waals surface area contributed by atoms with Crippen molar-refractivity contribution < 1.29 is 0 Å². The van der Waals surface area contributed by atoms with Crippen molar-refractivity contribution in [3.63, 3.8) is 0 Å². The summed E-state index contributed by atoms with van der Waals surface area (Å²) in [6.07, 6.45) is 0. The zero-order valence-corrected chi connectivity index (χ0v) is 35.9. The van der Waals surface area contributed by atoms with E-state index in [4.69, 9.17) is 19.9 Å². The zero-order valence-electron chi connectivity index (χ0n) is 35.9. The molecule has 0 radical (unpaired) electrons. The first kappa shape index (κ1) is 38.2. The number of fused-ring (bicyclic) bond motifs is 6. The SMILES string of the molecule is O=c1c2ccccc2n(-c2ccccc2)c2cc3nc(-c4ccc(-c5nc(-c6ccccc6)nc(-c6ccccc6)n5)cc4)n(-c4ccc5c(c4)c4ccccc4n5-c4ccccc4)c3cc12. The van der Waals surface area contributed by atoms with Gasteiger partial charge in [-0.1, -0.05) is 152 Å². The van der Waals surface area contributed by atoms with Crippen molar-refractivity contribution in [3.8, 4) is 62.6 Å². The van der Waals surface area contributed by atoms with E-state index in [0.29, 0.717) is 28.2 Å². The first-order chi connectivity index (χ1) is 33.1. The largest absolute Gasteiger partial charge is 0.309 e. The first-order valence-corrected chi connectivity index (χ1v) is 22.3. The van der Waals surface area contributed by atoms with Crippen LogP contribution in [0, 0.1) is 0 Å². The lowest BCUT2D eigenvalue weighted by atomic mass is 10.1. The van der Waals surface area contributed by atoms with Crippen LogP contribution in [0.25, 0.3) is 117 Å². The number of pyridine rings is 1. The monoisotopic (exact) mass is 859 g/mol. The lowest BCUT2D eigenvalue weighted by Crippen LogP contribution is -2.10. The average molecular weight is 860 g/mol. The third-order valence-electron chi connectivity index (χ3n) is 12.7. The molecular weight excluding hydrogens is 823 g/mol. The molecule has 13 rings (SSSR count). The van der Waals surface area contributed by atoms with Crippen LogP contribution in [-0.4, -0.2) is 33.6 Å². The zero-order chi connectivity index (χ0) is 44.4. The summed E-state index contributed by atoms with van der Waals surface area (Å²) in [7, 11) is 0. The van der Waals surface area contributed by atoms with E-state index in [0.717, 1.165) is 89.0 Å². The second-order valence-electron chi connectivity index (χ2n) is 16.7. The summed E-state index contributed by atoms with van der Waals surface area (Å²) in [5.41, 5.74) is 11.9. The molecule has 0 unspecified atom stereocenters. The van der Waals surface area contributed by atoms with E-state index in [1.54, 1.807) is 0 Å². The molecule has 0 atom stereocenters. The maximum absolute atomic E-state index is 14.6. The minimum absolute atomic E-state index is 0.0261. The number of rotatable bonds is 7. The Balaban J connectivity index is 1.05. The van der Waals surface area contributed by atoms with Gasteiger partial charge in [0.25, 0.3) is 0 Å². The molecule has 0 spiro atoms. The Kier molecular flexibility index (Phi) is 8.82. The van der Waals surface area contributed by atoms with Crippen molar-refractivity contribution in [3.05, 3.63) is 235 Å². The highest BCUT2D eigenvalue weighted by molar-refractivity contribution is 6.10. The molecule has 0 N–H and O–H groups in total. The van der Waals surface area contributed by atoms with Gasteiger partial charge in [0.1, 0.15) is 5.82 Å². The molecule has 4 aromatic heterocycles. The summed E-state index contributed by atoms with van der Waals surface area (Å²) in [5, 5.41) is 3.51. The minimum Gasteiger partial charge on any atom is -0.309 e. The van der Waals surface area contributed by atoms with Gasteiger partial charge in [-0.15, -0.1) is 0 Å². The lowest BCUT2D eigenvalue weighted by Gasteiger charge is -2.16. The molecule has 8 heteroatoms. The number of hydrogen-bond donors (Lipinski definition) is 0. The lowest BCUT2D eigenvalue weighted by molar-refractivity contribution is 1.07. The predicted molar refractivity (Wildman–Crippen MR) is 271 cm³/mol. The molecule has 0 bridgehead atoms. The van der Waals surface area contributed by atoms with Gasteiger partial charge in [-0.3, -0.25) is 9.36 Å². The highest BCUT2D eigenvalue weighted by Crippen LogP contribution is 2.38. The topological polar surface area (TPSA) is 83.4 Å². The molecule has 0 fully saturated rings. The summed E-state index contributed by atoms with van der Waals surface area (Å²) in [6.45, 7) is 0. The van der Waals surface area contributed by atoms with Crippen LogP contribution in [0.5, 0.6) is 0 Å². The molecule has 9 aromatic carbocycles. The fourth-order valence-electron chi connectivity index (χ4n) is 9.59. The van der Waals surface area contributed by atoms with E-state index in [-0.39, 0.29) is 5.43 Å². The van der Waals surface area contributed by atoms with Crippen molar-refractivity contribution in [2.24, 2.45) is 0 Å². The molecule has 67 heavy (non-hydrogen) atoms. The van der Waals surface area contributed by atoms with Crippen LogP contribution < -0.4 is 5.43 Å². The highest BCUT2D eigenvalue weighted by Gasteiger charge is 2.22. The van der Waals surface area contributed by atoms with Crippen LogP contribution in [0.2, 0.25) is 0 Å². The number of nitrogens with zero attached hydrogens (tertiary/aromatic N) is 7. The molecule has 0 saturated carbocycles. The van der Waals surface area contributed by atoms with E-state index in [1.165, 1.54) is 0 Å². The van der Waals surface area contributed by atoms with Crippen molar-refractivity contribution in [2.45, 2.75) is 0 Å². The second-order valence-corrected chi connectivity index (χ2v) is 16.7. The Morgan fingerprint density at radius 3 is 1.34 bits per heavy atom. The van der Waals surface area contributed by atoms with Gasteiger partial charge in [0.05, 0.1) is 33.1 Å². The Bertz CT molecular complexity index is 4030. The highest BCUT2D eigenvalue weighted by atomic mass is 16.1. The van der Waals surface area contributed by atoms with Gasteiger partial charge in [0, 0.05) is 60.9 Å². The van der Waals surface area contributed by atoms with Crippen LogP contribution in [0.1, 0.15) is 0 Å². The molecule has 0 aliphatic heterocycles. The van der Waals surface area contributed by atoms with Crippen molar-refractivity contribution >= 4 is 54.6 Å². The summed E-state index contributed by atoms with van der Waals surface area (Å²) < 4.78 is 6.69. The number of aromatic nitrogens is 7. The Morgan fingerprint density at radius 2 is 0.746 bits per heavy atom. The molecule has 0 saturated heterocycles. The van der Waals surface area contributed by atoms with Crippen LogP contribution in [-0.2, 0) is 0 Å². The fourth-order valence-corrected chi connectivity index (χ4v) is 9.59.